The minimum atomic E-state index is -0.483. The number of hydrogen-bond acceptors (Lipinski definition) is 5. The summed E-state index contributed by atoms with van der Waals surface area (Å²) >= 11 is 3.26. The number of carbonyl (C=O) groups is 1. The van der Waals surface area contributed by atoms with Gasteiger partial charge in [-0.1, -0.05) is 21.1 Å². The number of benzene rings is 1. The largest absolute Gasteiger partial charge is 0.469 e. The lowest BCUT2D eigenvalue weighted by molar-refractivity contribution is -0.140. The topological polar surface area (TPSA) is 65.2 Å². The molecule has 0 spiro atoms. The standard InChI is InChI=1S/C11H8BrFN2O3/c1-17-10(16)5-9-14-11(15-18-9)7-4-6(13)2-3-8(7)12/h2-4H,5H2,1H3. The van der Waals surface area contributed by atoms with Crippen molar-refractivity contribution in [1.29, 1.82) is 0 Å². The first-order chi connectivity index (χ1) is 8.60. The summed E-state index contributed by atoms with van der Waals surface area (Å²) in [5.74, 6) is -0.565. The van der Waals surface area contributed by atoms with Crippen molar-refractivity contribution >= 4 is 21.9 Å². The molecule has 0 fully saturated rings. The van der Waals surface area contributed by atoms with Crippen molar-refractivity contribution in [2.24, 2.45) is 0 Å². The van der Waals surface area contributed by atoms with E-state index in [-0.39, 0.29) is 18.1 Å². The molecule has 0 aliphatic heterocycles. The third-order valence-electron chi connectivity index (χ3n) is 2.16. The van der Waals surface area contributed by atoms with Crippen molar-refractivity contribution in [3.05, 3.63) is 34.4 Å². The molecule has 0 radical (unpaired) electrons. The Kier molecular flexibility index (Phi) is 3.71. The molecule has 2 rings (SSSR count). The van der Waals surface area contributed by atoms with Gasteiger partial charge in [-0.2, -0.15) is 4.98 Å². The summed E-state index contributed by atoms with van der Waals surface area (Å²) in [4.78, 5) is 15.0. The first kappa shape index (κ1) is 12.7. The number of esters is 1. The molecule has 2 aromatic rings. The number of aromatic nitrogens is 2. The van der Waals surface area contributed by atoms with Gasteiger partial charge in [0.2, 0.25) is 11.7 Å². The average molecular weight is 315 g/mol. The number of methoxy groups -OCH3 is 1. The van der Waals surface area contributed by atoms with Gasteiger partial charge in [0.1, 0.15) is 12.2 Å². The molecular formula is C11H8BrFN2O3. The van der Waals surface area contributed by atoms with Crippen molar-refractivity contribution in [1.82, 2.24) is 10.1 Å². The molecule has 18 heavy (non-hydrogen) atoms. The minimum Gasteiger partial charge on any atom is -0.469 e. The average Bonchev–Trinajstić information content (AvgIpc) is 2.80. The summed E-state index contributed by atoms with van der Waals surface area (Å²) in [5, 5.41) is 3.69. The van der Waals surface area contributed by atoms with Gasteiger partial charge in [-0.3, -0.25) is 4.79 Å². The molecule has 0 unspecified atom stereocenters. The molecule has 0 bridgehead atoms. The van der Waals surface area contributed by atoms with E-state index in [0.717, 1.165) is 0 Å². The van der Waals surface area contributed by atoms with Crippen molar-refractivity contribution < 1.29 is 18.4 Å². The van der Waals surface area contributed by atoms with E-state index in [1.54, 1.807) is 6.07 Å². The van der Waals surface area contributed by atoms with E-state index < -0.39 is 11.8 Å². The van der Waals surface area contributed by atoms with Crippen LogP contribution < -0.4 is 0 Å². The Morgan fingerprint density at radius 2 is 2.33 bits per heavy atom. The molecule has 0 saturated carbocycles. The predicted octanol–water partition coefficient (Wildman–Crippen LogP) is 2.35. The number of carbonyl (C=O) groups excluding carboxylic acids is 1. The Bertz CT molecular complexity index is 585. The van der Waals surface area contributed by atoms with Gasteiger partial charge in [0, 0.05) is 10.0 Å². The Hall–Kier alpha value is -1.76. The molecule has 1 heterocycles. The molecule has 5 nitrogen and oxygen atoms in total. The van der Waals surface area contributed by atoms with Crippen LogP contribution in [0.1, 0.15) is 5.89 Å². The molecule has 1 aromatic heterocycles. The normalized spacial score (nSPS) is 10.4. The fraction of sp³-hybridized carbons (Fsp3) is 0.182. The number of halogens is 2. The monoisotopic (exact) mass is 314 g/mol. The second kappa shape index (κ2) is 5.26. The molecule has 0 N–H and O–H groups in total. The van der Waals surface area contributed by atoms with E-state index in [0.29, 0.717) is 10.0 Å². The van der Waals surface area contributed by atoms with E-state index in [9.17, 15) is 9.18 Å². The van der Waals surface area contributed by atoms with Gasteiger partial charge in [0.05, 0.1) is 7.11 Å². The highest BCUT2D eigenvalue weighted by Gasteiger charge is 2.15. The van der Waals surface area contributed by atoms with Gasteiger partial charge in [0.15, 0.2) is 0 Å². The van der Waals surface area contributed by atoms with Crippen LogP contribution in [-0.4, -0.2) is 23.2 Å². The zero-order chi connectivity index (χ0) is 13.1. The van der Waals surface area contributed by atoms with E-state index in [2.05, 4.69) is 30.8 Å². The summed E-state index contributed by atoms with van der Waals surface area (Å²) < 4.78 is 23.1. The first-order valence-electron chi connectivity index (χ1n) is 4.95. The van der Waals surface area contributed by atoms with Gasteiger partial charge in [-0.25, -0.2) is 4.39 Å². The van der Waals surface area contributed by atoms with Crippen LogP contribution in [0.25, 0.3) is 11.4 Å². The van der Waals surface area contributed by atoms with E-state index in [4.69, 9.17) is 4.52 Å². The van der Waals surface area contributed by atoms with Gasteiger partial charge in [0.25, 0.3) is 0 Å². The molecule has 7 heteroatoms. The fourth-order valence-corrected chi connectivity index (χ4v) is 1.72. The SMILES string of the molecule is COC(=O)Cc1nc(-c2cc(F)ccc2Br)no1. The van der Waals surface area contributed by atoms with Crippen molar-refractivity contribution in [2.45, 2.75) is 6.42 Å². The Labute approximate surface area is 110 Å². The fourth-order valence-electron chi connectivity index (χ4n) is 1.30. The van der Waals surface area contributed by atoms with Crippen LogP contribution in [0.4, 0.5) is 4.39 Å². The number of ether oxygens (including phenoxy) is 1. The summed E-state index contributed by atoms with van der Waals surface area (Å²) in [6.45, 7) is 0. The molecule has 0 saturated heterocycles. The second-order valence-electron chi connectivity index (χ2n) is 3.39. The predicted molar refractivity (Wildman–Crippen MR) is 63.1 cm³/mol. The number of hydrogen-bond donors (Lipinski definition) is 0. The molecule has 0 amide bonds. The lowest BCUT2D eigenvalue weighted by Crippen LogP contribution is -2.04. The molecular weight excluding hydrogens is 307 g/mol. The van der Waals surface area contributed by atoms with Crippen LogP contribution in [0.2, 0.25) is 0 Å². The van der Waals surface area contributed by atoms with Gasteiger partial charge >= 0.3 is 5.97 Å². The van der Waals surface area contributed by atoms with Gasteiger partial charge in [-0.05, 0) is 18.2 Å². The molecule has 0 aliphatic rings. The van der Waals surface area contributed by atoms with Crippen LogP contribution in [0, 0.1) is 5.82 Å². The van der Waals surface area contributed by atoms with Crippen LogP contribution >= 0.6 is 15.9 Å². The summed E-state index contributed by atoms with van der Waals surface area (Å²) in [6.07, 6.45) is -0.115. The van der Waals surface area contributed by atoms with Crippen LogP contribution in [-0.2, 0) is 16.0 Å². The van der Waals surface area contributed by atoms with E-state index in [1.165, 1.54) is 19.2 Å². The van der Waals surface area contributed by atoms with E-state index >= 15 is 0 Å². The maximum absolute atomic E-state index is 13.1. The maximum atomic E-state index is 13.1. The Morgan fingerprint density at radius 3 is 3.06 bits per heavy atom. The molecule has 0 aliphatic carbocycles. The van der Waals surface area contributed by atoms with Gasteiger partial charge < -0.3 is 9.26 Å². The Balaban J connectivity index is 2.29. The lowest BCUT2D eigenvalue weighted by Gasteiger charge is -1.98. The quantitative estimate of drug-likeness (QED) is 0.814. The highest BCUT2D eigenvalue weighted by molar-refractivity contribution is 9.10. The summed E-state index contributed by atoms with van der Waals surface area (Å²) in [7, 11) is 1.27. The molecule has 1 aromatic carbocycles. The third kappa shape index (κ3) is 2.73. The summed E-state index contributed by atoms with van der Waals surface area (Å²) in [5.41, 5.74) is 0.454. The van der Waals surface area contributed by atoms with Crippen LogP contribution in [0.5, 0.6) is 0 Å². The van der Waals surface area contributed by atoms with Crippen molar-refractivity contribution in [2.75, 3.05) is 7.11 Å². The lowest BCUT2D eigenvalue weighted by atomic mass is 10.2. The zero-order valence-corrected chi connectivity index (χ0v) is 10.9. The smallest absolute Gasteiger partial charge is 0.315 e. The van der Waals surface area contributed by atoms with E-state index in [1.807, 2.05) is 0 Å². The van der Waals surface area contributed by atoms with Crippen LogP contribution in [0.15, 0.2) is 27.2 Å². The number of nitrogens with zero attached hydrogens (tertiary/aromatic N) is 2. The van der Waals surface area contributed by atoms with Gasteiger partial charge in [-0.15, -0.1) is 0 Å². The highest BCUT2D eigenvalue weighted by Crippen LogP contribution is 2.26. The first-order valence-corrected chi connectivity index (χ1v) is 5.74. The Morgan fingerprint density at radius 1 is 1.56 bits per heavy atom. The second-order valence-corrected chi connectivity index (χ2v) is 4.24. The van der Waals surface area contributed by atoms with Crippen molar-refractivity contribution in [3.8, 4) is 11.4 Å². The number of rotatable bonds is 3. The molecule has 0 atom stereocenters. The van der Waals surface area contributed by atoms with Crippen LogP contribution in [0.3, 0.4) is 0 Å². The van der Waals surface area contributed by atoms with Crippen molar-refractivity contribution in [3.63, 3.8) is 0 Å². The summed E-state index contributed by atoms with van der Waals surface area (Å²) in [6, 6.07) is 4.13. The molecule has 94 valence electrons. The zero-order valence-electron chi connectivity index (χ0n) is 9.31. The maximum Gasteiger partial charge on any atom is 0.315 e. The highest BCUT2D eigenvalue weighted by atomic mass is 79.9. The minimum absolute atomic E-state index is 0.115. The third-order valence-corrected chi connectivity index (χ3v) is 2.85.